The van der Waals surface area contributed by atoms with Gasteiger partial charge in [0.2, 0.25) is 0 Å². The van der Waals surface area contributed by atoms with Crippen molar-refractivity contribution < 1.29 is 14.4 Å². The van der Waals surface area contributed by atoms with Gasteiger partial charge in [-0.15, -0.1) is 0 Å². The van der Waals surface area contributed by atoms with Crippen LogP contribution in [0.1, 0.15) is 22.8 Å². The number of hydrogen-bond donors (Lipinski definition) is 3. The van der Waals surface area contributed by atoms with Gasteiger partial charge in [0.25, 0.3) is 0 Å². The Hall–Kier alpha value is -2.28. The number of Topliss-reactive ketones (excluding diaryl/α,β-unsaturated/α-hetero) is 1. The lowest BCUT2D eigenvalue weighted by Crippen LogP contribution is -2.37. The van der Waals surface area contributed by atoms with Crippen molar-refractivity contribution in [3.63, 3.8) is 0 Å². The maximum Gasteiger partial charge on any atom is 0.349 e. The zero-order chi connectivity index (χ0) is 13.5. The highest BCUT2D eigenvalue weighted by Gasteiger charge is 2.19. The first-order valence-electron chi connectivity index (χ1n) is 5.21. The fraction of sp³-hybridized carbons (Fsp3) is 0.273. The van der Waals surface area contributed by atoms with Gasteiger partial charge in [-0.05, 0) is 12.5 Å². The minimum absolute atomic E-state index is 0.0289. The first kappa shape index (κ1) is 13.8. The fourth-order valence-electron chi connectivity index (χ4n) is 1.45. The van der Waals surface area contributed by atoms with Crippen LogP contribution >= 0.6 is 0 Å². The van der Waals surface area contributed by atoms with Crippen molar-refractivity contribution in [1.29, 1.82) is 5.53 Å². The molecular formula is C11H14N4O3. The third-order valence-electron chi connectivity index (χ3n) is 2.42. The van der Waals surface area contributed by atoms with Crippen LogP contribution in [0.5, 0.6) is 0 Å². The highest BCUT2D eigenvalue weighted by molar-refractivity contribution is 5.94. The van der Waals surface area contributed by atoms with E-state index >= 15 is 0 Å². The maximum atomic E-state index is 11.3. The Labute approximate surface area is 104 Å². The standard InChI is InChI=1S/C11H14N4O3/c1-7(16)9-4-2-8(3-5-9)6-10(14-15-12)11(17)18-13/h2-5,10H,6,13H2,1H3,(H2,12,14). The Morgan fingerprint density at radius 3 is 2.50 bits per heavy atom. The second-order valence-electron chi connectivity index (χ2n) is 3.69. The van der Waals surface area contributed by atoms with Crippen molar-refractivity contribution in [2.45, 2.75) is 19.4 Å². The van der Waals surface area contributed by atoms with E-state index in [2.05, 4.69) is 15.5 Å². The summed E-state index contributed by atoms with van der Waals surface area (Å²) in [6, 6.07) is 5.95. The largest absolute Gasteiger partial charge is 0.372 e. The number of benzene rings is 1. The van der Waals surface area contributed by atoms with E-state index in [1.54, 1.807) is 24.3 Å². The van der Waals surface area contributed by atoms with Gasteiger partial charge in [-0.25, -0.2) is 4.79 Å². The molecule has 7 nitrogen and oxygen atoms in total. The molecule has 0 aliphatic carbocycles. The van der Waals surface area contributed by atoms with Crippen LogP contribution in [-0.4, -0.2) is 17.8 Å². The summed E-state index contributed by atoms with van der Waals surface area (Å²) in [5.41, 5.74) is 10.4. The minimum atomic E-state index is -0.823. The molecule has 1 rings (SSSR count). The lowest BCUT2D eigenvalue weighted by molar-refractivity contribution is -0.146. The molecule has 0 saturated heterocycles. The van der Waals surface area contributed by atoms with Gasteiger partial charge >= 0.3 is 5.97 Å². The molecule has 0 aliphatic rings. The molecular weight excluding hydrogens is 236 g/mol. The Morgan fingerprint density at radius 1 is 1.44 bits per heavy atom. The van der Waals surface area contributed by atoms with E-state index in [0.29, 0.717) is 5.56 Å². The van der Waals surface area contributed by atoms with Crippen LogP contribution in [0.4, 0.5) is 0 Å². The molecule has 0 amide bonds. The van der Waals surface area contributed by atoms with Gasteiger partial charge in [0.05, 0.1) is 0 Å². The zero-order valence-corrected chi connectivity index (χ0v) is 9.84. The molecule has 1 atom stereocenters. The molecule has 0 bridgehead atoms. The third-order valence-corrected chi connectivity index (χ3v) is 2.42. The van der Waals surface area contributed by atoms with Crippen LogP contribution in [0.2, 0.25) is 0 Å². The summed E-state index contributed by atoms with van der Waals surface area (Å²) in [5, 5.41) is 2.94. The fourth-order valence-corrected chi connectivity index (χ4v) is 1.45. The lowest BCUT2D eigenvalue weighted by Gasteiger charge is -2.12. The summed E-state index contributed by atoms with van der Waals surface area (Å²) in [7, 11) is 0. The van der Waals surface area contributed by atoms with Crippen molar-refractivity contribution in [2.24, 2.45) is 11.1 Å². The second-order valence-corrected chi connectivity index (χ2v) is 3.69. The van der Waals surface area contributed by atoms with Gasteiger partial charge < -0.3 is 4.84 Å². The number of hydrogen-bond acceptors (Lipinski definition) is 6. The van der Waals surface area contributed by atoms with Crippen molar-refractivity contribution in [3.05, 3.63) is 35.4 Å². The van der Waals surface area contributed by atoms with E-state index in [1.807, 2.05) is 0 Å². The molecule has 0 spiro atoms. The number of carbonyl (C=O) groups is 2. The van der Waals surface area contributed by atoms with Crippen molar-refractivity contribution >= 4 is 11.8 Å². The van der Waals surface area contributed by atoms with Crippen LogP contribution in [0, 0.1) is 5.53 Å². The Kier molecular flexibility index (Phi) is 4.94. The number of ketones is 1. The van der Waals surface area contributed by atoms with Crippen molar-refractivity contribution in [3.8, 4) is 0 Å². The SMILES string of the molecule is CC(=O)c1ccc(CC(NN=N)C(=O)ON)cc1. The van der Waals surface area contributed by atoms with E-state index in [-0.39, 0.29) is 12.2 Å². The first-order valence-corrected chi connectivity index (χ1v) is 5.21. The lowest BCUT2D eigenvalue weighted by atomic mass is 10.0. The van der Waals surface area contributed by atoms with Crippen LogP contribution in [0.15, 0.2) is 29.5 Å². The summed E-state index contributed by atoms with van der Waals surface area (Å²) in [6.45, 7) is 1.48. The number of rotatable bonds is 6. The van der Waals surface area contributed by atoms with E-state index in [0.717, 1.165) is 5.56 Å². The van der Waals surface area contributed by atoms with Crippen LogP contribution in [0.3, 0.4) is 0 Å². The third kappa shape index (κ3) is 3.63. The predicted molar refractivity (Wildman–Crippen MR) is 62.5 cm³/mol. The average molecular weight is 250 g/mol. The van der Waals surface area contributed by atoms with Gasteiger partial charge in [0.1, 0.15) is 6.04 Å². The van der Waals surface area contributed by atoms with Gasteiger partial charge in [-0.1, -0.05) is 29.5 Å². The van der Waals surface area contributed by atoms with Gasteiger partial charge in [0.15, 0.2) is 5.78 Å². The molecule has 0 aliphatic heterocycles. The molecule has 0 aromatic heterocycles. The normalized spacial score (nSPS) is 11.4. The number of carbonyl (C=O) groups excluding carboxylic acids is 2. The molecule has 0 radical (unpaired) electrons. The molecule has 0 saturated carbocycles. The molecule has 4 N–H and O–H groups in total. The van der Waals surface area contributed by atoms with E-state index < -0.39 is 12.0 Å². The highest BCUT2D eigenvalue weighted by atomic mass is 16.7. The highest BCUT2D eigenvalue weighted by Crippen LogP contribution is 2.08. The number of nitrogens with zero attached hydrogens (tertiary/aromatic N) is 1. The van der Waals surface area contributed by atoms with Gasteiger partial charge in [-0.2, -0.15) is 11.4 Å². The van der Waals surface area contributed by atoms with Crippen LogP contribution in [0.25, 0.3) is 0 Å². The smallest absolute Gasteiger partial charge is 0.349 e. The zero-order valence-electron chi connectivity index (χ0n) is 9.84. The van der Waals surface area contributed by atoms with Crippen molar-refractivity contribution in [1.82, 2.24) is 5.43 Å². The summed E-state index contributed by atoms with van der Waals surface area (Å²) in [6.07, 6.45) is 0.261. The van der Waals surface area contributed by atoms with Crippen LogP contribution in [-0.2, 0) is 16.1 Å². The molecule has 1 unspecified atom stereocenters. The summed E-state index contributed by atoms with van der Waals surface area (Å²) in [4.78, 5) is 26.5. The Balaban J connectivity index is 2.77. The Morgan fingerprint density at radius 2 is 2.06 bits per heavy atom. The molecule has 0 heterocycles. The second kappa shape index (κ2) is 6.45. The van der Waals surface area contributed by atoms with E-state index in [4.69, 9.17) is 11.4 Å². The minimum Gasteiger partial charge on any atom is -0.372 e. The average Bonchev–Trinajstić information content (AvgIpc) is 2.38. The van der Waals surface area contributed by atoms with Crippen molar-refractivity contribution in [2.75, 3.05) is 0 Å². The monoisotopic (exact) mass is 250 g/mol. The van der Waals surface area contributed by atoms with E-state index in [1.165, 1.54) is 6.92 Å². The molecule has 0 fully saturated rings. The first-order chi connectivity index (χ1) is 8.58. The summed E-state index contributed by atoms with van der Waals surface area (Å²) in [5.74, 6) is 4.05. The molecule has 1 aromatic carbocycles. The molecule has 7 heteroatoms. The van der Waals surface area contributed by atoms with Crippen LogP contribution < -0.4 is 11.3 Å². The molecule has 18 heavy (non-hydrogen) atoms. The van der Waals surface area contributed by atoms with Gasteiger partial charge in [0, 0.05) is 12.0 Å². The predicted octanol–water partition coefficient (Wildman–Crippen LogP) is 0.753. The molecule has 96 valence electrons. The number of nitrogens with one attached hydrogen (secondary N) is 2. The topological polar surface area (TPSA) is 118 Å². The number of nitrogens with two attached hydrogens (primary N) is 1. The Bertz CT molecular complexity index is 444. The molecule has 1 aromatic rings. The quantitative estimate of drug-likeness (QED) is 0.391. The summed E-state index contributed by atoms with van der Waals surface area (Å²) < 4.78 is 0. The van der Waals surface area contributed by atoms with Gasteiger partial charge in [-0.3, -0.25) is 10.2 Å². The van der Waals surface area contributed by atoms with E-state index in [9.17, 15) is 9.59 Å². The summed E-state index contributed by atoms with van der Waals surface area (Å²) >= 11 is 0. The maximum absolute atomic E-state index is 11.3.